The van der Waals surface area contributed by atoms with Crippen molar-refractivity contribution in [1.82, 2.24) is 9.21 Å². The molecule has 0 bridgehead atoms. The summed E-state index contributed by atoms with van der Waals surface area (Å²) >= 11 is 3.44. The summed E-state index contributed by atoms with van der Waals surface area (Å²) in [4.78, 5) is 14.9. The van der Waals surface area contributed by atoms with Gasteiger partial charge in [0.05, 0.1) is 12.3 Å². The number of rotatable bonds is 8. The molecule has 1 heterocycles. The van der Waals surface area contributed by atoms with E-state index < -0.39 is 15.6 Å². The second-order valence-electron chi connectivity index (χ2n) is 8.09. The average Bonchev–Trinajstić information content (AvgIpc) is 2.74. The third-order valence-electron chi connectivity index (χ3n) is 6.01. The Labute approximate surface area is 193 Å². The van der Waals surface area contributed by atoms with E-state index in [0.717, 1.165) is 15.6 Å². The zero-order chi connectivity index (χ0) is 22.6. The van der Waals surface area contributed by atoms with E-state index in [1.807, 2.05) is 61.5 Å². The van der Waals surface area contributed by atoms with Crippen LogP contribution in [0.4, 0.5) is 4.79 Å². The molecule has 3 rings (SSSR count). The van der Waals surface area contributed by atoms with Gasteiger partial charge in [-0.1, -0.05) is 58.4 Å². The van der Waals surface area contributed by atoms with Crippen LogP contribution in [-0.2, 0) is 20.4 Å². The van der Waals surface area contributed by atoms with Gasteiger partial charge in [0.25, 0.3) is 0 Å². The van der Waals surface area contributed by atoms with Gasteiger partial charge in [0, 0.05) is 31.0 Å². The van der Waals surface area contributed by atoms with E-state index in [1.165, 1.54) is 10.6 Å². The molecule has 1 aliphatic heterocycles. The summed E-state index contributed by atoms with van der Waals surface area (Å²) in [5, 5.41) is 0. The monoisotopic (exact) mass is 508 g/mol. The molecule has 0 radical (unpaired) electrons. The third kappa shape index (κ3) is 5.67. The Bertz CT molecular complexity index is 998. The summed E-state index contributed by atoms with van der Waals surface area (Å²) in [6, 6.07) is 17.6. The number of benzene rings is 2. The van der Waals surface area contributed by atoms with Gasteiger partial charge in [-0.2, -0.15) is 0 Å². The Kier molecular flexibility index (Phi) is 7.44. The predicted molar refractivity (Wildman–Crippen MR) is 125 cm³/mol. The zero-order valence-electron chi connectivity index (χ0n) is 18.1. The minimum Gasteiger partial charge on any atom is -0.438 e. The Hall–Kier alpha value is -1.90. The van der Waals surface area contributed by atoms with Crippen LogP contribution < -0.4 is 0 Å². The molecule has 2 aromatic carbocycles. The van der Waals surface area contributed by atoms with Crippen molar-refractivity contribution in [3.05, 3.63) is 70.2 Å². The van der Waals surface area contributed by atoms with Crippen molar-refractivity contribution in [1.29, 1.82) is 0 Å². The highest BCUT2D eigenvalue weighted by atomic mass is 79.9. The number of nitrogens with zero attached hydrogens (tertiary/aromatic N) is 2. The van der Waals surface area contributed by atoms with Crippen LogP contribution in [-0.4, -0.2) is 50.1 Å². The molecule has 2 aromatic rings. The van der Waals surface area contributed by atoms with Crippen molar-refractivity contribution in [2.45, 2.75) is 37.8 Å². The first-order chi connectivity index (χ1) is 14.6. The maximum atomic E-state index is 13.1. The van der Waals surface area contributed by atoms with Gasteiger partial charge in [0.15, 0.2) is 0 Å². The van der Waals surface area contributed by atoms with Gasteiger partial charge in [-0.05, 0) is 43.0 Å². The molecule has 1 fully saturated rings. The van der Waals surface area contributed by atoms with E-state index in [2.05, 4.69) is 15.9 Å². The second-order valence-corrected chi connectivity index (χ2v) is 11.1. The number of cyclic esters (lactones) is 1. The average molecular weight is 509 g/mol. The summed E-state index contributed by atoms with van der Waals surface area (Å²) in [5.74, 6) is 0. The third-order valence-corrected chi connectivity index (χ3v) is 7.86. The fourth-order valence-electron chi connectivity index (χ4n) is 3.96. The highest BCUT2D eigenvalue weighted by molar-refractivity contribution is 9.10. The first-order valence-electron chi connectivity index (χ1n) is 10.3. The van der Waals surface area contributed by atoms with E-state index in [9.17, 15) is 13.2 Å². The maximum absolute atomic E-state index is 13.1. The number of halogens is 1. The summed E-state index contributed by atoms with van der Waals surface area (Å²) in [6.07, 6.45) is 2.65. The Morgan fingerprint density at radius 1 is 1.16 bits per heavy atom. The lowest BCUT2D eigenvalue weighted by atomic mass is 9.84. The van der Waals surface area contributed by atoms with Crippen molar-refractivity contribution >= 4 is 32.0 Å². The fourth-order valence-corrected chi connectivity index (χ4v) is 4.69. The number of sulfonamides is 1. The number of ether oxygens (including phenoxy) is 1. The molecule has 0 N–H and O–H groups in total. The van der Waals surface area contributed by atoms with Crippen molar-refractivity contribution in [3.8, 4) is 0 Å². The van der Waals surface area contributed by atoms with Gasteiger partial charge in [0.2, 0.25) is 10.0 Å². The van der Waals surface area contributed by atoms with Gasteiger partial charge < -0.3 is 9.64 Å². The lowest BCUT2D eigenvalue weighted by Gasteiger charge is -2.43. The van der Waals surface area contributed by atoms with Crippen LogP contribution in [0.1, 0.15) is 43.4 Å². The quantitative estimate of drug-likeness (QED) is 0.507. The van der Waals surface area contributed by atoms with E-state index in [4.69, 9.17) is 4.74 Å². The van der Waals surface area contributed by atoms with Gasteiger partial charge in [0.1, 0.15) is 5.60 Å². The first-order valence-corrected chi connectivity index (χ1v) is 13.0. The molecule has 2 unspecified atom stereocenters. The standard InChI is InChI=1S/C23H29BrN2O4S/c1-18(19-10-12-21(24)13-11-19)26-17-15-23(30-22(26)27,20-8-5-4-6-9-20)14-7-16-25(2)31(3,28)29/h4-6,8-13,18H,7,14-17H2,1-3H3. The molecule has 0 saturated carbocycles. The fraction of sp³-hybridized carbons (Fsp3) is 0.435. The molecule has 0 aromatic heterocycles. The van der Waals surface area contributed by atoms with Crippen molar-refractivity contribution < 1.29 is 17.9 Å². The normalized spacial score (nSPS) is 20.5. The minimum atomic E-state index is -3.24. The number of hydrogen-bond acceptors (Lipinski definition) is 4. The largest absolute Gasteiger partial charge is 0.438 e. The van der Waals surface area contributed by atoms with Crippen molar-refractivity contribution in [3.63, 3.8) is 0 Å². The highest BCUT2D eigenvalue weighted by Gasteiger charge is 2.43. The van der Waals surface area contributed by atoms with Crippen molar-refractivity contribution in [2.24, 2.45) is 0 Å². The number of amides is 1. The number of carbonyl (C=O) groups excluding carboxylic acids is 1. The van der Waals surface area contributed by atoms with Crippen LogP contribution in [0.3, 0.4) is 0 Å². The minimum absolute atomic E-state index is 0.106. The van der Waals surface area contributed by atoms with Crippen molar-refractivity contribution in [2.75, 3.05) is 26.4 Å². The highest BCUT2D eigenvalue weighted by Crippen LogP contribution is 2.40. The predicted octanol–water partition coefficient (Wildman–Crippen LogP) is 4.92. The molecule has 1 aliphatic rings. The van der Waals surface area contributed by atoms with Crippen LogP contribution in [0, 0.1) is 0 Å². The van der Waals surface area contributed by atoms with Gasteiger partial charge in [-0.15, -0.1) is 0 Å². The second kappa shape index (κ2) is 9.71. The van der Waals surface area contributed by atoms with E-state index >= 15 is 0 Å². The summed E-state index contributed by atoms with van der Waals surface area (Å²) in [6.45, 7) is 2.94. The summed E-state index contributed by atoms with van der Waals surface area (Å²) in [7, 11) is -1.67. The SMILES string of the molecule is CC(c1ccc(Br)cc1)N1CCC(CCCN(C)S(C)(=O)=O)(c2ccccc2)OC1=O. The van der Waals surface area contributed by atoms with Gasteiger partial charge >= 0.3 is 6.09 Å². The molecule has 1 amide bonds. The first kappa shape index (κ1) is 23.8. The molecule has 168 valence electrons. The summed E-state index contributed by atoms with van der Waals surface area (Å²) < 4.78 is 31.9. The van der Waals surface area contributed by atoms with E-state index in [0.29, 0.717) is 32.4 Å². The van der Waals surface area contributed by atoms with E-state index in [-0.39, 0.29) is 12.1 Å². The Balaban J connectivity index is 1.77. The maximum Gasteiger partial charge on any atom is 0.411 e. The topological polar surface area (TPSA) is 66.9 Å². The van der Waals surface area contributed by atoms with Crippen LogP contribution in [0.15, 0.2) is 59.1 Å². The molecule has 1 saturated heterocycles. The molecule has 0 aliphatic carbocycles. The Morgan fingerprint density at radius 2 is 1.81 bits per heavy atom. The lowest BCUT2D eigenvalue weighted by molar-refractivity contribution is -0.0667. The van der Waals surface area contributed by atoms with Crippen LogP contribution >= 0.6 is 15.9 Å². The smallest absolute Gasteiger partial charge is 0.411 e. The number of carbonyl (C=O) groups is 1. The molecule has 0 spiro atoms. The van der Waals surface area contributed by atoms with Crippen LogP contribution in [0.25, 0.3) is 0 Å². The van der Waals surface area contributed by atoms with Gasteiger partial charge in [-0.25, -0.2) is 17.5 Å². The lowest BCUT2D eigenvalue weighted by Crippen LogP contribution is -2.49. The molecule has 6 nitrogen and oxygen atoms in total. The molecule has 31 heavy (non-hydrogen) atoms. The molecule has 2 atom stereocenters. The van der Waals surface area contributed by atoms with Crippen LogP contribution in [0.5, 0.6) is 0 Å². The molecule has 8 heteroatoms. The summed E-state index contributed by atoms with van der Waals surface area (Å²) in [5.41, 5.74) is 1.23. The van der Waals surface area contributed by atoms with Gasteiger partial charge in [-0.3, -0.25) is 0 Å². The van der Waals surface area contributed by atoms with Crippen LogP contribution in [0.2, 0.25) is 0 Å². The molecular weight excluding hydrogens is 480 g/mol. The zero-order valence-corrected chi connectivity index (χ0v) is 20.5. The molecular formula is C23H29BrN2O4S. The Morgan fingerprint density at radius 3 is 2.39 bits per heavy atom. The van der Waals surface area contributed by atoms with E-state index in [1.54, 1.807) is 11.9 Å². The number of hydrogen-bond donors (Lipinski definition) is 0.